The summed E-state index contributed by atoms with van der Waals surface area (Å²) in [4.78, 5) is 11.9. The molecule has 0 radical (unpaired) electrons. The number of carbonyl (C=O) groups excluding carboxylic acids is 1. The van der Waals surface area contributed by atoms with E-state index in [0.29, 0.717) is 23.7 Å². The molecule has 1 saturated heterocycles. The van der Waals surface area contributed by atoms with E-state index in [2.05, 4.69) is 15.6 Å². The Morgan fingerprint density at radius 2 is 2.24 bits per heavy atom. The van der Waals surface area contributed by atoms with Crippen molar-refractivity contribution in [2.45, 2.75) is 32.1 Å². The van der Waals surface area contributed by atoms with Gasteiger partial charge in [0.15, 0.2) is 11.5 Å². The van der Waals surface area contributed by atoms with E-state index in [1.165, 1.54) is 4.68 Å². The molecular formula is C17H22N4O4. The molecule has 134 valence electrons. The smallest absolute Gasteiger partial charge is 0.241 e. The highest BCUT2D eigenvalue weighted by molar-refractivity contribution is 5.75. The molecule has 0 saturated carbocycles. The van der Waals surface area contributed by atoms with Crippen molar-refractivity contribution in [3.63, 3.8) is 0 Å². The monoisotopic (exact) mass is 346 g/mol. The molecule has 3 rings (SSSR count). The van der Waals surface area contributed by atoms with Crippen LogP contribution in [-0.2, 0) is 22.7 Å². The topological polar surface area (TPSA) is 87.5 Å². The number of hydrogen-bond acceptors (Lipinski definition) is 6. The SMILES string of the molecule is COc1ccccc1OCc1cn(CC(=O)NC[C@@H]2CCCO2)nn1. The number of ether oxygens (including phenoxy) is 3. The minimum Gasteiger partial charge on any atom is -0.493 e. The Bertz CT molecular complexity index is 697. The zero-order valence-corrected chi connectivity index (χ0v) is 14.2. The molecule has 2 aromatic rings. The Balaban J connectivity index is 1.46. The lowest BCUT2D eigenvalue weighted by molar-refractivity contribution is -0.122. The minimum atomic E-state index is -0.113. The highest BCUT2D eigenvalue weighted by atomic mass is 16.5. The van der Waals surface area contributed by atoms with Gasteiger partial charge in [-0.3, -0.25) is 4.79 Å². The average molecular weight is 346 g/mol. The summed E-state index contributed by atoms with van der Waals surface area (Å²) in [6.45, 7) is 1.68. The van der Waals surface area contributed by atoms with E-state index in [-0.39, 0.29) is 25.2 Å². The third-order valence-corrected chi connectivity index (χ3v) is 3.89. The Labute approximate surface area is 146 Å². The Hall–Kier alpha value is -2.61. The summed E-state index contributed by atoms with van der Waals surface area (Å²) in [7, 11) is 1.59. The molecule has 0 aliphatic carbocycles. The molecule has 8 heteroatoms. The van der Waals surface area contributed by atoms with Crippen LogP contribution in [0.2, 0.25) is 0 Å². The first-order valence-corrected chi connectivity index (χ1v) is 8.27. The first-order valence-electron chi connectivity index (χ1n) is 8.27. The van der Waals surface area contributed by atoms with Gasteiger partial charge < -0.3 is 19.5 Å². The van der Waals surface area contributed by atoms with Gasteiger partial charge in [0, 0.05) is 13.2 Å². The van der Waals surface area contributed by atoms with Gasteiger partial charge in [-0.15, -0.1) is 5.10 Å². The molecule has 1 N–H and O–H groups in total. The summed E-state index contributed by atoms with van der Waals surface area (Å²) in [6, 6.07) is 7.39. The molecule has 25 heavy (non-hydrogen) atoms. The summed E-state index contributed by atoms with van der Waals surface area (Å²) in [6.07, 6.45) is 3.87. The molecule has 1 aliphatic heterocycles. The summed E-state index contributed by atoms with van der Waals surface area (Å²) in [5, 5.41) is 10.8. The van der Waals surface area contributed by atoms with Crippen molar-refractivity contribution in [3.05, 3.63) is 36.2 Å². The van der Waals surface area contributed by atoms with E-state index in [9.17, 15) is 4.79 Å². The van der Waals surface area contributed by atoms with Crippen molar-refractivity contribution in [3.8, 4) is 11.5 Å². The maximum atomic E-state index is 11.9. The Morgan fingerprint density at radius 3 is 3.00 bits per heavy atom. The van der Waals surface area contributed by atoms with Crippen molar-refractivity contribution in [1.29, 1.82) is 0 Å². The highest BCUT2D eigenvalue weighted by Gasteiger charge is 2.16. The maximum Gasteiger partial charge on any atom is 0.241 e. The Kier molecular flexibility index (Phi) is 5.84. The second-order valence-electron chi connectivity index (χ2n) is 5.79. The zero-order valence-electron chi connectivity index (χ0n) is 14.2. The fourth-order valence-electron chi connectivity index (χ4n) is 2.61. The third-order valence-electron chi connectivity index (χ3n) is 3.89. The summed E-state index contributed by atoms with van der Waals surface area (Å²) in [5.74, 6) is 1.18. The van der Waals surface area contributed by atoms with Crippen molar-refractivity contribution < 1.29 is 19.0 Å². The number of rotatable bonds is 8. The number of nitrogens with one attached hydrogen (secondary N) is 1. The lowest BCUT2D eigenvalue weighted by Crippen LogP contribution is -2.34. The standard InChI is InChI=1S/C17H22N4O4/c1-23-15-6-2-3-7-16(15)25-12-13-10-21(20-19-13)11-17(22)18-9-14-5-4-8-24-14/h2-3,6-7,10,14H,4-5,8-9,11-12H2,1H3,(H,18,22)/t14-/m0/s1. The fourth-order valence-corrected chi connectivity index (χ4v) is 2.61. The molecule has 0 bridgehead atoms. The van der Waals surface area contributed by atoms with Crippen molar-refractivity contribution in [2.24, 2.45) is 0 Å². The van der Waals surface area contributed by atoms with Crippen LogP contribution in [-0.4, -0.2) is 47.3 Å². The summed E-state index contributed by atoms with van der Waals surface area (Å²) >= 11 is 0. The molecule has 1 atom stereocenters. The largest absolute Gasteiger partial charge is 0.493 e. The predicted octanol–water partition coefficient (Wildman–Crippen LogP) is 1.16. The van der Waals surface area contributed by atoms with E-state index in [0.717, 1.165) is 19.4 Å². The van der Waals surface area contributed by atoms with Gasteiger partial charge in [-0.2, -0.15) is 0 Å². The summed E-state index contributed by atoms with van der Waals surface area (Å²) < 4.78 is 17.9. The van der Waals surface area contributed by atoms with E-state index in [1.54, 1.807) is 13.3 Å². The van der Waals surface area contributed by atoms with Crippen LogP contribution in [0.5, 0.6) is 11.5 Å². The van der Waals surface area contributed by atoms with Crippen LogP contribution in [0.3, 0.4) is 0 Å². The molecule has 1 aromatic carbocycles. The molecule has 1 aromatic heterocycles. The average Bonchev–Trinajstić information content (AvgIpc) is 3.30. The molecule has 1 fully saturated rings. The van der Waals surface area contributed by atoms with Crippen molar-refractivity contribution in [1.82, 2.24) is 20.3 Å². The van der Waals surface area contributed by atoms with Crippen LogP contribution in [0, 0.1) is 0 Å². The number of methoxy groups -OCH3 is 1. The van der Waals surface area contributed by atoms with Crippen LogP contribution in [0.4, 0.5) is 0 Å². The first kappa shape index (κ1) is 17.2. The first-order chi connectivity index (χ1) is 12.2. The minimum absolute atomic E-state index is 0.113. The Morgan fingerprint density at radius 1 is 1.40 bits per heavy atom. The van der Waals surface area contributed by atoms with E-state index in [4.69, 9.17) is 14.2 Å². The highest BCUT2D eigenvalue weighted by Crippen LogP contribution is 2.26. The fraction of sp³-hybridized carbons (Fsp3) is 0.471. The second-order valence-corrected chi connectivity index (χ2v) is 5.79. The number of amides is 1. The molecule has 0 unspecified atom stereocenters. The van der Waals surface area contributed by atoms with Gasteiger partial charge in [0.25, 0.3) is 0 Å². The van der Waals surface area contributed by atoms with E-state index in [1.807, 2.05) is 24.3 Å². The van der Waals surface area contributed by atoms with Crippen molar-refractivity contribution >= 4 is 5.91 Å². The van der Waals surface area contributed by atoms with Crippen LogP contribution >= 0.6 is 0 Å². The van der Waals surface area contributed by atoms with E-state index >= 15 is 0 Å². The number of nitrogens with zero attached hydrogens (tertiary/aromatic N) is 3. The molecule has 8 nitrogen and oxygen atoms in total. The van der Waals surface area contributed by atoms with Gasteiger partial charge in [0.1, 0.15) is 18.8 Å². The third kappa shape index (κ3) is 4.93. The molecule has 1 aliphatic rings. The van der Waals surface area contributed by atoms with Gasteiger partial charge in [0.05, 0.1) is 19.4 Å². The van der Waals surface area contributed by atoms with Gasteiger partial charge in [0.2, 0.25) is 5.91 Å². The van der Waals surface area contributed by atoms with Gasteiger partial charge in [-0.1, -0.05) is 17.3 Å². The quantitative estimate of drug-likeness (QED) is 0.772. The zero-order chi connectivity index (χ0) is 17.5. The normalized spacial score (nSPS) is 16.6. The summed E-state index contributed by atoms with van der Waals surface area (Å²) in [5.41, 5.74) is 0.637. The number of para-hydroxylation sites is 2. The van der Waals surface area contributed by atoms with Crippen LogP contribution in [0.1, 0.15) is 18.5 Å². The lowest BCUT2D eigenvalue weighted by atomic mass is 10.2. The van der Waals surface area contributed by atoms with Crippen molar-refractivity contribution in [2.75, 3.05) is 20.3 Å². The molecule has 2 heterocycles. The van der Waals surface area contributed by atoms with Crippen LogP contribution < -0.4 is 14.8 Å². The second kappa shape index (κ2) is 8.48. The maximum absolute atomic E-state index is 11.9. The van der Waals surface area contributed by atoms with E-state index < -0.39 is 0 Å². The van der Waals surface area contributed by atoms with Gasteiger partial charge in [-0.05, 0) is 25.0 Å². The number of benzene rings is 1. The van der Waals surface area contributed by atoms with Crippen LogP contribution in [0.15, 0.2) is 30.5 Å². The van der Waals surface area contributed by atoms with Gasteiger partial charge in [-0.25, -0.2) is 4.68 Å². The number of aromatic nitrogens is 3. The predicted molar refractivity (Wildman–Crippen MR) is 89.3 cm³/mol. The number of hydrogen-bond donors (Lipinski definition) is 1. The van der Waals surface area contributed by atoms with Crippen LogP contribution in [0.25, 0.3) is 0 Å². The lowest BCUT2D eigenvalue weighted by Gasteiger charge is -2.10. The molecule has 0 spiro atoms. The molecular weight excluding hydrogens is 324 g/mol. The molecule has 1 amide bonds. The van der Waals surface area contributed by atoms with Gasteiger partial charge >= 0.3 is 0 Å². The number of carbonyl (C=O) groups is 1.